The topological polar surface area (TPSA) is 78.9 Å². The van der Waals surface area contributed by atoms with E-state index in [4.69, 9.17) is 14.2 Å². The summed E-state index contributed by atoms with van der Waals surface area (Å²) in [6.45, 7) is 6.29. The van der Waals surface area contributed by atoms with Crippen LogP contribution in [0.1, 0.15) is 239 Å². The van der Waals surface area contributed by atoms with Crippen molar-refractivity contribution in [1.29, 1.82) is 0 Å². The van der Waals surface area contributed by atoms with Crippen molar-refractivity contribution in [3.05, 3.63) is 194 Å². The van der Waals surface area contributed by atoms with E-state index in [0.29, 0.717) is 19.3 Å². The summed E-state index contributed by atoms with van der Waals surface area (Å²) in [5, 5.41) is 0. The molecule has 0 rings (SSSR count). The number of carbonyl (C=O) groups is 3. The van der Waals surface area contributed by atoms with Gasteiger partial charge in [0.05, 0.1) is 0 Å². The van der Waals surface area contributed by atoms with Gasteiger partial charge in [-0.15, -0.1) is 0 Å². The Morgan fingerprint density at radius 2 is 0.506 bits per heavy atom. The number of allylic oxidation sites excluding steroid dienone is 32. The van der Waals surface area contributed by atoms with E-state index < -0.39 is 12.1 Å². The van der Waals surface area contributed by atoms with Crippen LogP contribution in [0.25, 0.3) is 0 Å². The van der Waals surface area contributed by atoms with E-state index >= 15 is 0 Å². The molecule has 0 aliphatic carbocycles. The second-order valence-corrected chi connectivity index (χ2v) is 20.2. The zero-order valence-electron chi connectivity index (χ0n) is 51.5. The van der Waals surface area contributed by atoms with Crippen LogP contribution in [0.3, 0.4) is 0 Å². The van der Waals surface area contributed by atoms with E-state index in [2.05, 4.69) is 203 Å². The van der Waals surface area contributed by atoms with Gasteiger partial charge in [-0.1, -0.05) is 279 Å². The maximum absolute atomic E-state index is 12.8. The molecule has 81 heavy (non-hydrogen) atoms. The Bertz CT molecular complexity index is 1950. The fraction of sp³-hybridized carbons (Fsp3) is 0.533. The Morgan fingerprint density at radius 1 is 0.259 bits per heavy atom. The molecule has 0 heterocycles. The summed E-state index contributed by atoms with van der Waals surface area (Å²) in [6, 6.07) is 0. The van der Waals surface area contributed by atoms with Gasteiger partial charge in [0.15, 0.2) is 6.10 Å². The second-order valence-electron chi connectivity index (χ2n) is 20.2. The average Bonchev–Trinajstić information content (AvgIpc) is 3.47. The van der Waals surface area contributed by atoms with Crippen LogP contribution in [0.15, 0.2) is 194 Å². The van der Waals surface area contributed by atoms with Gasteiger partial charge in [0.2, 0.25) is 0 Å². The number of rotatable bonds is 55. The first kappa shape index (κ1) is 75.2. The van der Waals surface area contributed by atoms with Crippen molar-refractivity contribution in [3.63, 3.8) is 0 Å². The molecule has 0 radical (unpaired) electrons. The normalized spacial score (nSPS) is 13.5. The van der Waals surface area contributed by atoms with E-state index in [1.807, 2.05) is 12.2 Å². The van der Waals surface area contributed by atoms with Crippen molar-refractivity contribution in [2.45, 2.75) is 245 Å². The number of hydrogen-bond acceptors (Lipinski definition) is 6. The molecular weight excluding hydrogens is 997 g/mol. The van der Waals surface area contributed by atoms with E-state index in [0.717, 1.165) is 154 Å². The van der Waals surface area contributed by atoms with Crippen molar-refractivity contribution in [1.82, 2.24) is 0 Å². The number of hydrogen-bond donors (Lipinski definition) is 0. The SMILES string of the molecule is CC/C=C\C/C=C\C/C=C\C/C=C\C/C=C\C/C=C\C/C=C\C/C=C\C/C=C\C/C=C\CCCCCCC(=O)OCC(COC(=O)CCCCCCCCCCC)OC(=O)CC/C=C\C/C=C\C/C=C\C/C=C\C/C=C\C/C=C\CC. The molecule has 0 aromatic carbocycles. The lowest BCUT2D eigenvalue weighted by atomic mass is 10.1. The highest BCUT2D eigenvalue weighted by Crippen LogP contribution is 2.13. The van der Waals surface area contributed by atoms with Gasteiger partial charge in [-0.3, -0.25) is 14.4 Å². The van der Waals surface area contributed by atoms with Crippen molar-refractivity contribution in [3.8, 4) is 0 Å². The monoisotopic (exact) mass is 1110 g/mol. The van der Waals surface area contributed by atoms with Crippen LogP contribution < -0.4 is 0 Å². The molecule has 6 heteroatoms. The summed E-state index contributed by atoms with van der Waals surface area (Å²) in [5.41, 5.74) is 0. The fourth-order valence-electron chi connectivity index (χ4n) is 7.91. The quantitative estimate of drug-likeness (QED) is 0.0261. The van der Waals surface area contributed by atoms with Gasteiger partial charge in [-0.2, -0.15) is 0 Å². The molecule has 0 saturated heterocycles. The zero-order chi connectivity index (χ0) is 58.5. The molecule has 0 fully saturated rings. The smallest absolute Gasteiger partial charge is 0.306 e. The number of carbonyl (C=O) groups excluding carboxylic acids is 3. The van der Waals surface area contributed by atoms with Crippen LogP contribution >= 0.6 is 0 Å². The molecule has 1 atom stereocenters. The van der Waals surface area contributed by atoms with Crippen molar-refractivity contribution < 1.29 is 28.6 Å². The predicted octanol–water partition coefficient (Wildman–Crippen LogP) is 22.2. The molecule has 0 bridgehead atoms. The third kappa shape index (κ3) is 64.9. The highest BCUT2D eigenvalue weighted by atomic mass is 16.6. The fourth-order valence-corrected chi connectivity index (χ4v) is 7.91. The Morgan fingerprint density at radius 3 is 0.802 bits per heavy atom. The van der Waals surface area contributed by atoms with Crippen LogP contribution in [0.4, 0.5) is 0 Å². The van der Waals surface area contributed by atoms with Gasteiger partial charge in [-0.25, -0.2) is 0 Å². The lowest BCUT2D eigenvalue weighted by Crippen LogP contribution is -2.30. The van der Waals surface area contributed by atoms with Crippen molar-refractivity contribution in [2.24, 2.45) is 0 Å². The second kappa shape index (κ2) is 66.8. The minimum atomic E-state index is -0.838. The molecule has 450 valence electrons. The maximum atomic E-state index is 12.8. The van der Waals surface area contributed by atoms with E-state index in [-0.39, 0.29) is 31.6 Å². The summed E-state index contributed by atoms with van der Waals surface area (Å²) in [4.78, 5) is 38.1. The van der Waals surface area contributed by atoms with E-state index in [9.17, 15) is 14.4 Å². The Kier molecular flexibility index (Phi) is 62.0. The van der Waals surface area contributed by atoms with Gasteiger partial charge in [0.25, 0.3) is 0 Å². The highest BCUT2D eigenvalue weighted by molar-refractivity contribution is 5.71. The molecule has 1 unspecified atom stereocenters. The van der Waals surface area contributed by atoms with Gasteiger partial charge < -0.3 is 14.2 Å². The minimum absolute atomic E-state index is 0.124. The molecule has 0 aliphatic heterocycles. The summed E-state index contributed by atoms with van der Waals surface area (Å²) in [7, 11) is 0. The first-order valence-electron chi connectivity index (χ1n) is 31.9. The van der Waals surface area contributed by atoms with Crippen LogP contribution in [0, 0.1) is 0 Å². The Hall–Kier alpha value is -5.75. The lowest BCUT2D eigenvalue weighted by Gasteiger charge is -2.18. The number of unbranched alkanes of at least 4 members (excludes halogenated alkanes) is 12. The van der Waals surface area contributed by atoms with E-state index in [1.54, 1.807) is 0 Å². The molecule has 0 spiro atoms. The highest BCUT2D eigenvalue weighted by Gasteiger charge is 2.19. The third-order valence-electron chi connectivity index (χ3n) is 12.6. The lowest BCUT2D eigenvalue weighted by molar-refractivity contribution is -0.166. The maximum Gasteiger partial charge on any atom is 0.306 e. The molecular formula is C75H114O6. The van der Waals surface area contributed by atoms with Gasteiger partial charge >= 0.3 is 17.9 Å². The first-order chi connectivity index (χ1) is 40.0. The molecule has 0 aromatic heterocycles. The van der Waals surface area contributed by atoms with Crippen molar-refractivity contribution in [2.75, 3.05) is 13.2 Å². The van der Waals surface area contributed by atoms with Gasteiger partial charge in [-0.05, 0) is 135 Å². The van der Waals surface area contributed by atoms with Crippen LogP contribution in [-0.4, -0.2) is 37.2 Å². The molecule has 6 nitrogen and oxygen atoms in total. The molecule has 0 amide bonds. The predicted molar refractivity (Wildman–Crippen MR) is 352 cm³/mol. The first-order valence-corrected chi connectivity index (χ1v) is 31.9. The van der Waals surface area contributed by atoms with Crippen LogP contribution in [-0.2, 0) is 28.6 Å². The molecule has 0 N–H and O–H groups in total. The molecule has 0 aromatic rings. The number of esters is 3. The summed E-state index contributed by atoms with van der Waals surface area (Å²) in [6.07, 6.45) is 102. The average molecular weight is 1110 g/mol. The van der Waals surface area contributed by atoms with Crippen LogP contribution in [0.5, 0.6) is 0 Å². The van der Waals surface area contributed by atoms with E-state index in [1.165, 1.54) is 38.5 Å². The van der Waals surface area contributed by atoms with Gasteiger partial charge in [0.1, 0.15) is 13.2 Å². The molecule has 0 aliphatic rings. The third-order valence-corrected chi connectivity index (χ3v) is 12.6. The van der Waals surface area contributed by atoms with Crippen LogP contribution in [0.2, 0.25) is 0 Å². The zero-order valence-corrected chi connectivity index (χ0v) is 51.5. The number of ether oxygens (including phenoxy) is 3. The van der Waals surface area contributed by atoms with Gasteiger partial charge in [0, 0.05) is 19.3 Å². The van der Waals surface area contributed by atoms with Crippen molar-refractivity contribution >= 4 is 17.9 Å². The Labute approximate surface area is 497 Å². The minimum Gasteiger partial charge on any atom is -0.462 e. The summed E-state index contributed by atoms with van der Waals surface area (Å²) < 4.78 is 16.7. The standard InChI is InChI=1S/C75H114O6/c1-4-7-10-13-16-19-21-23-25-27-29-30-31-32-33-34-35-36-37-38-39-40-41-42-43-44-46-47-49-51-53-56-59-62-65-68-74(77)80-71-72(70-79-73(76)67-64-61-58-55-18-15-12-9-6-3)81-75(78)69-66-63-60-57-54-52-50-48-45-28-26-24-22-20-17-14-11-8-5-2/h7-8,10-11,16-17,19-20,23-26,29-30,32-33,35-36,38-39,41-42,44-46,48-49,51-52,54,60,63,72H,4-6,9,12-15,18,21-22,27-28,31,34,37,40,43,47,50,53,55-59,61-62,64-71H2,1-3H3/b10-7-,11-8-,19-16-,20-17-,25-23-,26-24-,30-29-,33-32-,36-35-,39-38-,42-41-,46-44-,48-45-,51-49-,54-52-,63-60-. The summed E-state index contributed by atoms with van der Waals surface area (Å²) in [5.74, 6) is -1.05. The Balaban J connectivity index is 4.37. The molecule has 0 saturated carbocycles. The largest absolute Gasteiger partial charge is 0.462 e. The summed E-state index contributed by atoms with van der Waals surface area (Å²) >= 11 is 0.